The second kappa shape index (κ2) is 16.5. The van der Waals surface area contributed by atoms with E-state index in [-0.39, 0.29) is 36.9 Å². The molecule has 1 aliphatic heterocycles. The molecule has 3 aromatic rings. The van der Waals surface area contributed by atoms with E-state index in [1.54, 1.807) is 30.3 Å². The second-order valence-corrected chi connectivity index (χ2v) is 11.1. The van der Waals surface area contributed by atoms with Gasteiger partial charge >= 0.3 is 0 Å². The predicted octanol–water partition coefficient (Wildman–Crippen LogP) is 2.10. The maximum Gasteiger partial charge on any atom is 0.269 e. The van der Waals surface area contributed by atoms with Crippen LogP contribution in [0.3, 0.4) is 0 Å². The maximum absolute atomic E-state index is 13.8. The Morgan fingerprint density at radius 2 is 1.55 bits per heavy atom. The molecule has 1 heterocycles. The number of anilines is 1. The van der Waals surface area contributed by atoms with E-state index in [0.717, 1.165) is 5.56 Å². The van der Waals surface area contributed by atoms with Crippen LogP contribution >= 0.6 is 0 Å². The molecule has 0 spiro atoms. The molecule has 0 bridgehead atoms. The van der Waals surface area contributed by atoms with Crippen LogP contribution in [0, 0.1) is 10.1 Å². The number of guanidine groups is 1. The van der Waals surface area contributed by atoms with Crippen molar-refractivity contribution in [2.45, 2.75) is 50.2 Å². The lowest BCUT2D eigenvalue weighted by molar-refractivity contribution is -0.384. The third kappa shape index (κ3) is 9.85. The van der Waals surface area contributed by atoms with Gasteiger partial charge in [0.25, 0.3) is 11.6 Å². The molecular formula is C33H38N8O6. The first-order valence-electron chi connectivity index (χ1n) is 15.2. The van der Waals surface area contributed by atoms with E-state index in [1.165, 1.54) is 29.2 Å². The fourth-order valence-electron chi connectivity index (χ4n) is 5.30. The van der Waals surface area contributed by atoms with Crippen molar-refractivity contribution in [3.8, 4) is 0 Å². The number of aliphatic imine (C=N–C) groups is 1. The number of nitrogens with zero attached hydrogens (tertiary/aromatic N) is 3. The molecule has 0 radical (unpaired) electrons. The summed E-state index contributed by atoms with van der Waals surface area (Å²) in [6, 6.07) is 20.2. The van der Waals surface area contributed by atoms with Crippen LogP contribution in [0.25, 0.3) is 0 Å². The number of hydrogen-bond acceptors (Lipinski definition) is 7. The summed E-state index contributed by atoms with van der Waals surface area (Å²) in [5, 5.41) is 19.3. The van der Waals surface area contributed by atoms with Crippen molar-refractivity contribution in [2.24, 2.45) is 16.5 Å². The van der Waals surface area contributed by atoms with Gasteiger partial charge in [-0.2, -0.15) is 0 Å². The van der Waals surface area contributed by atoms with Crippen LogP contribution in [0.4, 0.5) is 11.4 Å². The number of hydrogen-bond donors (Lipinski definition) is 5. The summed E-state index contributed by atoms with van der Waals surface area (Å²) in [4.78, 5) is 70.0. The van der Waals surface area contributed by atoms with E-state index < -0.39 is 40.8 Å². The zero-order chi connectivity index (χ0) is 33.8. The first-order valence-corrected chi connectivity index (χ1v) is 15.2. The van der Waals surface area contributed by atoms with Gasteiger partial charge in [0.15, 0.2) is 5.96 Å². The number of non-ortho nitro benzene ring substituents is 1. The van der Waals surface area contributed by atoms with Crippen LogP contribution in [-0.2, 0) is 20.8 Å². The average Bonchev–Trinajstić information content (AvgIpc) is 3.57. The number of nitrogens with one attached hydrogen (secondary N) is 3. The molecule has 0 aliphatic carbocycles. The lowest BCUT2D eigenvalue weighted by Gasteiger charge is -2.27. The van der Waals surface area contributed by atoms with Gasteiger partial charge in [0.05, 0.1) is 4.92 Å². The molecular weight excluding hydrogens is 604 g/mol. The quantitative estimate of drug-likeness (QED) is 0.0576. The van der Waals surface area contributed by atoms with Crippen molar-refractivity contribution in [1.29, 1.82) is 0 Å². The fourth-order valence-corrected chi connectivity index (χ4v) is 5.30. The monoisotopic (exact) mass is 642 g/mol. The molecule has 3 aromatic carbocycles. The van der Waals surface area contributed by atoms with Crippen LogP contribution in [0.5, 0.6) is 0 Å². The first-order chi connectivity index (χ1) is 22.6. The number of nitro groups is 1. The zero-order valence-corrected chi connectivity index (χ0v) is 25.7. The molecule has 1 saturated heterocycles. The zero-order valence-electron chi connectivity index (χ0n) is 25.7. The molecule has 1 fully saturated rings. The van der Waals surface area contributed by atoms with Gasteiger partial charge in [-0.1, -0.05) is 48.5 Å². The van der Waals surface area contributed by atoms with Gasteiger partial charge in [0.2, 0.25) is 17.7 Å². The molecule has 4 rings (SSSR count). The first kappa shape index (κ1) is 34.1. The van der Waals surface area contributed by atoms with E-state index in [0.29, 0.717) is 37.1 Å². The number of carbonyl (C=O) groups excluding carboxylic acids is 4. The summed E-state index contributed by atoms with van der Waals surface area (Å²) in [5.74, 6) is -2.03. The fraction of sp³-hybridized carbons (Fsp3) is 0.303. The van der Waals surface area contributed by atoms with Crippen molar-refractivity contribution in [2.75, 3.05) is 18.4 Å². The third-order valence-corrected chi connectivity index (χ3v) is 7.68. The predicted molar refractivity (Wildman–Crippen MR) is 176 cm³/mol. The van der Waals surface area contributed by atoms with E-state index in [4.69, 9.17) is 11.5 Å². The Bertz CT molecular complexity index is 1580. The lowest BCUT2D eigenvalue weighted by Crippen LogP contribution is -2.56. The van der Waals surface area contributed by atoms with E-state index in [9.17, 15) is 29.3 Å². The lowest BCUT2D eigenvalue weighted by atomic mass is 10.0. The molecule has 0 unspecified atom stereocenters. The van der Waals surface area contributed by atoms with Crippen LogP contribution in [0.1, 0.15) is 41.6 Å². The molecule has 3 atom stereocenters. The Labute approximate surface area is 271 Å². The normalized spacial score (nSPS) is 15.1. The van der Waals surface area contributed by atoms with Crippen molar-refractivity contribution in [3.05, 3.63) is 106 Å². The minimum Gasteiger partial charge on any atom is -0.370 e. The van der Waals surface area contributed by atoms with Gasteiger partial charge in [-0.25, -0.2) is 0 Å². The summed E-state index contributed by atoms with van der Waals surface area (Å²) in [7, 11) is 0. The van der Waals surface area contributed by atoms with Crippen LogP contribution in [0.15, 0.2) is 89.9 Å². The highest BCUT2D eigenvalue weighted by Gasteiger charge is 2.37. The van der Waals surface area contributed by atoms with E-state index >= 15 is 0 Å². The highest BCUT2D eigenvalue weighted by Crippen LogP contribution is 2.21. The van der Waals surface area contributed by atoms with Gasteiger partial charge < -0.3 is 32.3 Å². The Morgan fingerprint density at radius 3 is 2.19 bits per heavy atom. The summed E-state index contributed by atoms with van der Waals surface area (Å²) in [6.07, 6.45) is 1.69. The van der Waals surface area contributed by atoms with Crippen LogP contribution in [-0.4, -0.2) is 70.6 Å². The smallest absolute Gasteiger partial charge is 0.269 e. The number of benzene rings is 3. The van der Waals surface area contributed by atoms with Gasteiger partial charge in [-0.05, 0) is 55.5 Å². The Balaban J connectivity index is 1.52. The Hall–Kier alpha value is -5.79. The molecule has 4 amide bonds. The topological polar surface area (TPSA) is 215 Å². The Kier molecular flexibility index (Phi) is 12.0. The van der Waals surface area contributed by atoms with Gasteiger partial charge in [0.1, 0.15) is 18.1 Å². The number of rotatable bonds is 14. The summed E-state index contributed by atoms with van der Waals surface area (Å²) >= 11 is 0. The van der Waals surface area contributed by atoms with Crippen molar-refractivity contribution in [1.82, 2.24) is 15.5 Å². The molecule has 14 nitrogen and oxygen atoms in total. The highest BCUT2D eigenvalue weighted by molar-refractivity contribution is 6.00. The van der Waals surface area contributed by atoms with E-state index in [1.807, 2.05) is 30.3 Å². The molecule has 0 saturated carbocycles. The van der Waals surface area contributed by atoms with Crippen molar-refractivity contribution >= 4 is 41.0 Å². The van der Waals surface area contributed by atoms with E-state index in [2.05, 4.69) is 20.9 Å². The Morgan fingerprint density at radius 1 is 0.894 bits per heavy atom. The summed E-state index contributed by atoms with van der Waals surface area (Å²) in [6.45, 7) is 0.610. The average molecular weight is 643 g/mol. The maximum atomic E-state index is 13.8. The van der Waals surface area contributed by atoms with Gasteiger partial charge in [-0.3, -0.25) is 34.3 Å². The molecule has 246 valence electrons. The molecule has 0 aromatic heterocycles. The molecule has 7 N–H and O–H groups in total. The standard InChI is InChI=1S/C33H38N8O6/c34-33(35)36-19-7-13-26(29(42)37-24-15-17-25(18-16-24)41(46)47)38-30(43)27(21-22-9-3-1-4-10-22)39-31(44)28-14-8-20-40(28)32(45)23-11-5-2-6-12-23/h1-6,9-12,15-18,26-28H,7-8,13-14,19-21H2,(H,37,42)(H,38,43)(H,39,44)(H4,34,35,36)/t26-,27+,28+/m0/s1. The van der Waals surface area contributed by atoms with Crippen molar-refractivity contribution in [3.63, 3.8) is 0 Å². The summed E-state index contributed by atoms with van der Waals surface area (Å²) < 4.78 is 0. The molecule has 47 heavy (non-hydrogen) atoms. The SMILES string of the molecule is NC(N)=NCCC[C@H](NC(=O)[C@@H](Cc1ccccc1)NC(=O)[C@H]1CCCN1C(=O)c1ccccc1)C(=O)Nc1ccc([N+](=O)[O-])cc1. The van der Waals surface area contributed by atoms with Crippen molar-refractivity contribution < 1.29 is 24.1 Å². The second-order valence-electron chi connectivity index (χ2n) is 11.1. The minimum atomic E-state index is -1.08. The van der Waals surface area contributed by atoms with Crippen LogP contribution in [0.2, 0.25) is 0 Å². The third-order valence-electron chi connectivity index (χ3n) is 7.68. The van der Waals surface area contributed by atoms with Gasteiger partial charge in [-0.15, -0.1) is 0 Å². The van der Waals surface area contributed by atoms with Gasteiger partial charge in [0, 0.05) is 42.9 Å². The summed E-state index contributed by atoms with van der Waals surface area (Å²) in [5.41, 5.74) is 12.2. The minimum absolute atomic E-state index is 0.113. The molecule has 14 heteroatoms. The number of nitrogens with two attached hydrogens (primary N) is 2. The molecule has 1 aliphatic rings. The number of carbonyl (C=O) groups is 4. The van der Waals surface area contributed by atoms with Crippen LogP contribution < -0.4 is 27.4 Å². The number of nitro benzene ring substituents is 1. The largest absolute Gasteiger partial charge is 0.370 e. The highest BCUT2D eigenvalue weighted by atomic mass is 16.6. The number of amides is 4. The number of likely N-dealkylation sites (tertiary alicyclic amines) is 1.